The lowest BCUT2D eigenvalue weighted by Gasteiger charge is -2.31. The molecule has 1 unspecified atom stereocenters. The van der Waals surface area contributed by atoms with E-state index in [1.54, 1.807) is 0 Å². The highest BCUT2D eigenvalue weighted by Gasteiger charge is 2.18. The van der Waals surface area contributed by atoms with Crippen molar-refractivity contribution in [1.29, 1.82) is 0 Å². The van der Waals surface area contributed by atoms with Gasteiger partial charge in [-0.3, -0.25) is 5.10 Å². The van der Waals surface area contributed by atoms with Gasteiger partial charge in [0, 0.05) is 13.1 Å². The van der Waals surface area contributed by atoms with Crippen molar-refractivity contribution in [3.8, 4) is 5.75 Å². The van der Waals surface area contributed by atoms with Crippen LogP contribution < -0.4 is 10.5 Å². The van der Waals surface area contributed by atoms with Gasteiger partial charge in [-0.1, -0.05) is 18.2 Å². The lowest BCUT2D eigenvalue weighted by Crippen LogP contribution is -2.47. The molecule has 1 saturated heterocycles. The van der Waals surface area contributed by atoms with Crippen molar-refractivity contribution in [3.63, 3.8) is 0 Å². The van der Waals surface area contributed by atoms with Crippen molar-refractivity contribution in [3.05, 3.63) is 42.0 Å². The SMILES string of the molecule is CC1CN(C(N)=NCc2n[nH]c(COc3ccccc3)n2)CCO1.I. The normalized spacial score (nSPS) is 17.9. The number of H-pyrrole nitrogens is 1. The van der Waals surface area contributed by atoms with Gasteiger partial charge in [-0.15, -0.1) is 24.0 Å². The van der Waals surface area contributed by atoms with Crippen LogP contribution in [0.4, 0.5) is 0 Å². The summed E-state index contributed by atoms with van der Waals surface area (Å²) in [7, 11) is 0. The molecule has 3 N–H and O–H groups in total. The van der Waals surface area contributed by atoms with Gasteiger partial charge < -0.3 is 20.1 Å². The third-order valence-corrected chi connectivity index (χ3v) is 3.64. The van der Waals surface area contributed by atoms with Crippen LogP contribution in [0.1, 0.15) is 18.6 Å². The van der Waals surface area contributed by atoms with Crippen LogP contribution in [-0.2, 0) is 17.9 Å². The van der Waals surface area contributed by atoms with Gasteiger partial charge in [0.25, 0.3) is 0 Å². The number of morpholine rings is 1. The molecular weight excluding hydrogens is 435 g/mol. The lowest BCUT2D eigenvalue weighted by molar-refractivity contribution is 0.00528. The number of aromatic amines is 1. The second-order valence-electron chi connectivity index (χ2n) is 5.60. The Morgan fingerprint density at radius 2 is 2.24 bits per heavy atom. The zero-order valence-corrected chi connectivity index (χ0v) is 16.4. The monoisotopic (exact) mass is 458 g/mol. The number of para-hydroxylation sites is 1. The van der Waals surface area contributed by atoms with Crippen LogP contribution in [-0.4, -0.2) is 51.8 Å². The van der Waals surface area contributed by atoms with Crippen LogP contribution in [0.15, 0.2) is 35.3 Å². The summed E-state index contributed by atoms with van der Waals surface area (Å²) in [6.07, 6.45) is 0.165. The summed E-state index contributed by atoms with van der Waals surface area (Å²) < 4.78 is 11.1. The number of rotatable bonds is 5. The number of aromatic nitrogens is 3. The molecule has 0 saturated carbocycles. The molecule has 2 aromatic rings. The minimum Gasteiger partial charge on any atom is -0.486 e. The minimum atomic E-state index is 0. The van der Waals surface area contributed by atoms with Gasteiger partial charge in [0.2, 0.25) is 0 Å². The van der Waals surface area contributed by atoms with Gasteiger partial charge in [-0.2, -0.15) is 5.10 Å². The molecule has 1 aliphatic rings. The Morgan fingerprint density at radius 1 is 1.44 bits per heavy atom. The van der Waals surface area contributed by atoms with E-state index in [1.807, 2.05) is 42.2 Å². The largest absolute Gasteiger partial charge is 0.486 e. The summed E-state index contributed by atoms with van der Waals surface area (Å²) >= 11 is 0. The predicted octanol–water partition coefficient (Wildman–Crippen LogP) is 1.54. The average molecular weight is 458 g/mol. The molecule has 0 bridgehead atoms. The van der Waals surface area contributed by atoms with E-state index < -0.39 is 0 Å². The second-order valence-corrected chi connectivity index (χ2v) is 5.60. The number of benzene rings is 1. The summed E-state index contributed by atoms with van der Waals surface area (Å²) in [6, 6.07) is 9.57. The van der Waals surface area contributed by atoms with E-state index in [2.05, 4.69) is 20.2 Å². The van der Waals surface area contributed by atoms with E-state index in [-0.39, 0.29) is 30.1 Å². The van der Waals surface area contributed by atoms with Gasteiger partial charge in [0.1, 0.15) is 18.9 Å². The quantitative estimate of drug-likeness (QED) is 0.401. The van der Waals surface area contributed by atoms with E-state index in [0.717, 1.165) is 18.8 Å². The molecule has 9 heteroatoms. The maximum absolute atomic E-state index is 6.03. The molecule has 25 heavy (non-hydrogen) atoms. The maximum Gasteiger partial charge on any atom is 0.191 e. The topological polar surface area (TPSA) is 102 Å². The molecular formula is C16H23IN6O2. The molecule has 0 amide bonds. The van der Waals surface area contributed by atoms with Gasteiger partial charge in [-0.05, 0) is 19.1 Å². The van der Waals surface area contributed by atoms with Crippen LogP contribution >= 0.6 is 24.0 Å². The Kier molecular flexibility index (Phi) is 7.44. The number of aliphatic imine (C=N–C) groups is 1. The molecule has 2 heterocycles. The van der Waals surface area contributed by atoms with Crippen molar-refractivity contribution >= 4 is 29.9 Å². The Morgan fingerprint density at radius 3 is 3.00 bits per heavy atom. The minimum absolute atomic E-state index is 0. The number of hydrogen-bond donors (Lipinski definition) is 2. The van der Waals surface area contributed by atoms with E-state index in [0.29, 0.717) is 37.4 Å². The lowest BCUT2D eigenvalue weighted by atomic mass is 10.3. The Balaban J connectivity index is 0.00000225. The van der Waals surface area contributed by atoms with Crippen LogP contribution in [0, 0.1) is 0 Å². The summed E-state index contributed by atoms with van der Waals surface area (Å²) in [5, 5.41) is 7.00. The standard InChI is InChI=1S/C16H22N6O2.HI/c1-12-10-22(7-8-23-12)16(17)18-9-14-19-15(21-20-14)11-24-13-5-3-2-4-6-13;/h2-6,12H,7-11H2,1H3,(H2,17,18)(H,19,20,21);1H. The van der Waals surface area contributed by atoms with Gasteiger partial charge in [0.05, 0.1) is 12.7 Å². The molecule has 3 rings (SSSR count). The van der Waals surface area contributed by atoms with Gasteiger partial charge in [0.15, 0.2) is 17.6 Å². The number of hydrogen-bond acceptors (Lipinski definition) is 5. The first kappa shape index (κ1) is 19.4. The van der Waals surface area contributed by atoms with Gasteiger partial charge >= 0.3 is 0 Å². The third-order valence-electron chi connectivity index (χ3n) is 3.64. The second kappa shape index (κ2) is 9.56. The first-order chi connectivity index (χ1) is 11.7. The highest BCUT2D eigenvalue weighted by Crippen LogP contribution is 2.10. The zero-order valence-electron chi connectivity index (χ0n) is 14.1. The van der Waals surface area contributed by atoms with Gasteiger partial charge in [-0.25, -0.2) is 9.98 Å². The fraction of sp³-hybridized carbons (Fsp3) is 0.438. The maximum atomic E-state index is 6.03. The summed E-state index contributed by atoms with van der Waals surface area (Å²) in [4.78, 5) is 10.7. The molecule has 0 spiro atoms. The van der Waals surface area contributed by atoms with Crippen LogP contribution in [0.3, 0.4) is 0 Å². The summed E-state index contributed by atoms with van der Waals surface area (Å²) in [5.41, 5.74) is 6.03. The number of halogens is 1. The van der Waals surface area contributed by atoms with Crippen molar-refractivity contribution < 1.29 is 9.47 Å². The fourth-order valence-electron chi connectivity index (χ4n) is 2.42. The number of ether oxygens (including phenoxy) is 2. The molecule has 1 atom stereocenters. The first-order valence-corrected chi connectivity index (χ1v) is 7.95. The molecule has 1 aromatic carbocycles. The van der Waals surface area contributed by atoms with Crippen LogP contribution in [0.25, 0.3) is 0 Å². The number of nitrogens with zero attached hydrogens (tertiary/aromatic N) is 4. The van der Waals surface area contributed by atoms with Crippen molar-refractivity contribution in [2.45, 2.75) is 26.2 Å². The van der Waals surface area contributed by atoms with Crippen LogP contribution in [0.5, 0.6) is 5.75 Å². The molecule has 0 radical (unpaired) electrons. The molecule has 136 valence electrons. The van der Waals surface area contributed by atoms with Crippen molar-refractivity contribution in [1.82, 2.24) is 20.1 Å². The summed E-state index contributed by atoms with van der Waals surface area (Å²) in [6.45, 7) is 4.85. The smallest absolute Gasteiger partial charge is 0.191 e. The zero-order chi connectivity index (χ0) is 16.8. The van der Waals surface area contributed by atoms with E-state index in [4.69, 9.17) is 15.2 Å². The predicted molar refractivity (Wildman–Crippen MR) is 105 cm³/mol. The Hall–Kier alpha value is -1.88. The molecule has 1 fully saturated rings. The number of nitrogens with two attached hydrogens (primary N) is 1. The van der Waals surface area contributed by atoms with Crippen molar-refractivity contribution in [2.75, 3.05) is 19.7 Å². The molecule has 8 nitrogen and oxygen atoms in total. The number of nitrogens with one attached hydrogen (secondary N) is 1. The van der Waals surface area contributed by atoms with E-state index in [1.165, 1.54) is 0 Å². The fourth-order valence-corrected chi connectivity index (χ4v) is 2.42. The first-order valence-electron chi connectivity index (χ1n) is 7.95. The number of guanidine groups is 1. The molecule has 1 aromatic heterocycles. The summed E-state index contributed by atoms with van der Waals surface area (Å²) in [5.74, 6) is 2.53. The average Bonchev–Trinajstić information content (AvgIpc) is 3.07. The molecule has 1 aliphatic heterocycles. The third kappa shape index (κ3) is 5.85. The van der Waals surface area contributed by atoms with E-state index >= 15 is 0 Å². The van der Waals surface area contributed by atoms with E-state index in [9.17, 15) is 0 Å². The highest BCUT2D eigenvalue weighted by atomic mass is 127. The Labute approximate surface area is 163 Å². The van der Waals surface area contributed by atoms with Crippen LogP contribution in [0.2, 0.25) is 0 Å². The molecule has 0 aliphatic carbocycles. The highest BCUT2D eigenvalue weighted by molar-refractivity contribution is 14.0. The van der Waals surface area contributed by atoms with Crippen molar-refractivity contribution in [2.24, 2.45) is 10.7 Å². The Bertz CT molecular complexity index is 678.